The molecule has 2 unspecified atom stereocenters. The van der Waals surface area contributed by atoms with Crippen LogP contribution in [0.2, 0.25) is 0 Å². The lowest BCUT2D eigenvalue weighted by Gasteiger charge is -2.21. The van der Waals surface area contributed by atoms with Gasteiger partial charge in [0, 0.05) is 13.1 Å². The van der Waals surface area contributed by atoms with E-state index < -0.39 is 24.3 Å². The highest BCUT2D eigenvalue weighted by molar-refractivity contribution is 7.80. The minimum Gasteiger partial charge on any atom is -0.477 e. The Hall–Kier alpha value is -2.56. The predicted octanol–water partition coefficient (Wildman–Crippen LogP) is 2.53. The fourth-order valence-electron chi connectivity index (χ4n) is 2.12. The van der Waals surface area contributed by atoms with Crippen molar-refractivity contribution in [3.8, 4) is 24.2 Å². The fourth-order valence-corrected chi connectivity index (χ4v) is 2.38. The Balaban J connectivity index is 2.46. The van der Waals surface area contributed by atoms with Crippen LogP contribution < -0.4 is 15.2 Å². The molecule has 10 heteroatoms. The molecule has 132 valence electrons. The summed E-state index contributed by atoms with van der Waals surface area (Å²) in [5.41, 5.74) is 1.63. The Morgan fingerprint density at radius 3 is 2.56 bits per heavy atom. The SMILES string of the molecule is C#CC(C)Oc1cc(N2NC(C(F)(F)F)N(C)C2=S)c(F)cc1C#N. The van der Waals surface area contributed by atoms with Gasteiger partial charge in [0.25, 0.3) is 0 Å². The van der Waals surface area contributed by atoms with E-state index >= 15 is 0 Å². The van der Waals surface area contributed by atoms with Crippen molar-refractivity contribution in [3.05, 3.63) is 23.5 Å². The summed E-state index contributed by atoms with van der Waals surface area (Å²) in [4.78, 5) is 0.748. The highest BCUT2D eigenvalue weighted by atomic mass is 32.1. The molecule has 1 aliphatic heterocycles. The summed E-state index contributed by atoms with van der Waals surface area (Å²) in [5.74, 6) is 1.27. The molecule has 0 bridgehead atoms. The normalized spacial score (nSPS) is 18.7. The number of benzene rings is 1. The van der Waals surface area contributed by atoms with Gasteiger partial charge in [0.15, 0.2) is 17.4 Å². The first-order valence-corrected chi connectivity index (χ1v) is 7.27. The Kier molecular flexibility index (Phi) is 5.07. The van der Waals surface area contributed by atoms with Gasteiger partial charge in [0.1, 0.15) is 17.6 Å². The van der Waals surface area contributed by atoms with Crippen molar-refractivity contribution in [2.24, 2.45) is 0 Å². The van der Waals surface area contributed by atoms with Gasteiger partial charge in [-0.3, -0.25) is 0 Å². The molecule has 0 aromatic heterocycles. The lowest BCUT2D eigenvalue weighted by molar-refractivity contribution is -0.173. The van der Waals surface area contributed by atoms with Gasteiger partial charge in [-0.1, -0.05) is 5.92 Å². The van der Waals surface area contributed by atoms with Crippen molar-refractivity contribution in [2.75, 3.05) is 12.1 Å². The highest BCUT2D eigenvalue weighted by Crippen LogP contribution is 2.34. The number of terminal acetylenes is 1. The molecular formula is C15H12F4N4OS. The summed E-state index contributed by atoms with van der Waals surface area (Å²) >= 11 is 4.95. The van der Waals surface area contributed by atoms with E-state index in [1.54, 1.807) is 6.07 Å². The molecule has 2 rings (SSSR count). The number of ether oxygens (including phenoxy) is 1. The molecule has 1 aliphatic rings. The zero-order valence-corrected chi connectivity index (χ0v) is 13.9. The van der Waals surface area contributed by atoms with Gasteiger partial charge in [-0.15, -0.1) is 6.42 Å². The number of nitrogens with one attached hydrogen (secondary N) is 1. The summed E-state index contributed by atoms with van der Waals surface area (Å²) < 4.78 is 58.7. The molecule has 1 heterocycles. The second kappa shape index (κ2) is 6.75. The zero-order valence-electron chi connectivity index (χ0n) is 13.1. The maximum Gasteiger partial charge on any atom is 0.423 e. The third-order valence-corrected chi connectivity index (χ3v) is 3.86. The van der Waals surface area contributed by atoms with E-state index in [-0.39, 0.29) is 22.1 Å². The highest BCUT2D eigenvalue weighted by Gasteiger charge is 2.50. The second-order valence-electron chi connectivity index (χ2n) is 5.14. The topological polar surface area (TPSA) is 51.5 Å². The second-order valence-corrected chi connectivity index (χ2v) is 5.51. The number of nitrogens with zero attached hydrogens (tertiary/aromatic N) is 3. The van der Waals surface area contributed by atoms with Crippen LogP contribution in [0, 0.1) is 29.5 Å². The number of nitriles is 1. The molecular weight excluding hydrogens is 360 g/mol. The van der Waals surface area contributed by atoms with Gasteiger partial charge in [-0.25, -0.2) is 9.40 Å². The summed E-state index contributed by atoms with van der Waals surface area (Å²) in [5, 5.41) is 9.55. The Labute approximate surface area is 146 Å². The molecule has 2 atom stereocenters. The minimum absolute atomic E-state index is 0.0629. The standard InChI is InChI=1S/C15H12F4N4OS/c1-4-8(2)24-12-6-11(10(16)5-9(12)7-20)23-14(25)22(3)13(21-23)15(17,18)19/h1,5-6,8,13,21H,2-3H3. The van der Waals surface area contributed by atoms with Crippen LogP contribution >= 0.6 is 12.2 Å². The molecule has 0 amide bonds. The van der Waals surface area contributed by atoms with Gasteiger partial charge in [0.2, 0.25) is 0 Å². The van der Waals surface area contributed by atoms with Crippen LogP contribution in [-0.4, -0.2) is 35.5 Å². The van der Waals surface area contributed by atoms with E-state index in [0.717, 1.165) is 29.1 Å². The van der Waals surface area contributed by atoms with Crippen LogP contribution in [0.25, 0.3) is 0 Å². The average molecular weight is 372 g/mol. The predicted molar refractivity (Wildman–Crippen MR) is 85.9 cm³/mol. The molecule has 1 saturated heterocycles. The van der Waals surface area contributed by atoms with Gasteiger partial charge < -0.3 is 9.64 Å². The molecule has 1 N–H and O–H groups in total. The molecule has 1 aromatic rings. The molecule has 0 aliphatic carbocycles. The number of halogens is 4. The lowest BCUT2D eigenvalue weighted by atomic mass is 10.2. The smallest absolute Gasteiger partial charge is 0.423 e. The van der Waals surface area contributed by atoms with Crippen LogP contribution in [0.3, 0.4) is 0 Å². The molecule has 0 spiro atoms. The molecule has 1 fully saturated rings. The number of hydrogen-bond donors (Lipinski definition) is 1. The van der Waals surface area contributed by atoms with Crippen molar-refractivity contribution in [3.63, 3.8) is 0 Å². The van der Waals surface area contributed by atoms with Gasteiger partial charge in [-0.2, -0.15) is 23.9 Å². The molecule has 0 saturated carbocycles. The van der Waals surface area contributed by atoms with Gasteiger partial charge in [-0.05, 0) is 25.2 Å². The number of alkyl halides is 3. The number of thiocarbonyl (C=S) groups is 1. The van der Waals surface area contributed by atoms with E-state index in [9.17, 15) is 17.6 Å². The fraction of sp³-hybridized carbons (Fsp3) is 0.333. The van der Waals surface area contributed by atoms with E-state index in [4.69, 9.17) is 28.6 Å². The molecule has 25 heavy (non-hydrogen) atoms. The quantitative estimate of drug-likeness (QED) is 0.500. The summed E-state index contributed by atoms with van der Waals surface area (Å²) in [7, 11) is 1.13. The van der Waals surface area contributed by atoms with Gasteiger partial charge >= 0.3 is 6.18 Å². The molecule has 1 aromatic carbocycles. The van der Waals surface area contributed by atoms with E-state index in [0.29, 0.717) is 0 Å². The number of hydrazine groups is 1. The largest absolute Gasteiger partial charge is 0.477 e. The third kappa shape index (κ3) is 3.60. The van der Waals surface area contributed by atoms with Crippen LogP contribution in [0.15, 0.2) is 12.1 Å². The van der Waals surface area contributed by atoms with E-state index in [2.05, 4.69) is 11.3 Å². The first-order chi connectivity index (χ1) is 11.6. The first-order valence-electron chi connectivity index (χ1n) is 6.86. The lowest BCUT2D eigenvalue weighted by Crippen LogP contribution is -2.48. The van der Waals surface area contributed by atoms with Gasteiger partial charge in [0.05, 0.1) is 11.3 Å². The Bertz CT molecular complexity index is 783. The Morgan fingerprint density at radius 2 is 2.08 bits per heavy atom. The summed E-state index contributed by atoms with van der Waals surface area (Å²) in [6.07, 6.45) is -2.27. The Morgan fingerprint density at radius 1 is 1.44 bits per heavy atom. The van der Waals surface area contributed by atoms with E-state index in [1.807, 2.05) is 0 Å². The number of anilines is 1. The molecule has 0 radical (unpaired) electrons. The van der Waals surface area contributed by atoms with Crippen LogP contribution in [0.4, 0.5) is 23.2 Å². The van der Waals surface area contributed by atoms with Crippen molar-refractivity contribution in [2.45, 2.75) is 25.4 Å². The van der Waals surface area contributed by atoms with Crippen LogP contribution in [-0.2, 0) is 0 Å². The maximum absolute atomic E-state index is 14.3. The zero-order chi connectivity index (χ0) is 18.9. The van der Waals surface area contributed by atoms with Crippen molar-refractivity contribution < 1.29 is 22.3 Å². The monoisotopic (exact) mass is 372 g/mol. The number of hydrogen-bond acceptors (Lipinski definition) is 4. The van der Waals surface area contributed by atoms with Crippen LogP contribution in [0.1, 0.15) is 12.5 Å². The molecule has 5 nitrogen and oxygen atoms in total. The first kappa shape index (κ1) is 18.8. The van der Waals surface area contributed by atoms with Crippen LogP contribution in [0.5, 0.6) is 5.75 Å². The van der Waals surface area contributed by atoms with E-state index in [1.165, 1.54) is 6.92 Å². The summed E-state index contributed by atoms with van der Waals surface area (Å²) in [6.45, 7) is 1.52. The van der Waals surface area contributed by atoms with Crippen molar-refractivity contribution >= 4 is 23.0 Å². The summed E-state index contributed by atoms with van der Waals surface area (Å²) in [6, 6.07) is 3.66. The van der Waals surface area contributed by atoms with Crippen molar-refractivity contribution in [1.82, 2.24) is 10.3 Å². The third-order valence-electron chi connectivity index (χ3n) is 3.39. The average Bonchev–Trinajstić information content (AvgIpc) is 2.84. The van der Waals surface area contributed by atoms with Crippen molar-refractivity contribution in [1.29, 1.82) is 5.26 Å². The number of rotatable bonds is 3. The maximum atomic E-state index is 14.3. The minimum atomic E-state index is -4.63.